The van der Waals surface area contributed by atoms with Crippen LogP contribution < -0.4 is 4.74 Å². The van der Waals surface area contributed by atoms with Crippen LogP contribution in [0, 0.1) is 11.3 Å². The summed E-state index contributed by atoms with van der Waals surface area (Å²) < 4.78 is 56.2. The van der Waals surface area contributed by atoms with E-state index in [-0.39, 0.29) is 40.5 Å². The van der Waals surface area contributed by atoms with Crippen LogP contribution in [0.4, 0.5) is 9.18 Å². The Morgan fingerprint density at radius 2 is 1.80 bits per heavy atom. The molecule has 4 aliphatic rings. The predicted molar refractivity (Wildman–Crippen MR) is 171 cm³/mol. The number of ketones is 2. The average molecular weight is 717 g/mol. The van der Waals surface area contributed by atoms with Crippen molar-refractivity contribution in [2.45, 2.75) is 95.7 Å². The molecular weight excluding hydrogens is 678 g/mol. The van der Waals surface area contributed by atoms with Crippen molar-refractivity contribution in [3.05, 3.63) is 68.5 Å². The minimum atomic E-state index is -2.26. The second kappa shape index (κ2) is 13.1. The number of aliphatic hydroxyl groups excluding tert-OH is 1. The van der Waals surface area contributed by atoms with E-state index in [0.717, 1.165) is 0 Å². The fourth-order valence-electron chi connectivity index (χ4n) is 7.16. The van der Waals surface area contributed by atoms with Crippen LogP contribution in [0.25, 0.3) is 4.98 Å². The molecule has 2 aromatic rings. The first-order valence-electron chi connectivity index (χ1n) is 16.3. The molecule has 16 heteroatoms. The molecular formula is C35H38FN2O13+. The molecule has 2 heterocycles. The zero-order chi connectivity index (χ0) is 37.2. The Morgan fingerprint density at radius 3 is 2.47 bits per heavy atom. The normalized spacial score (nSPS) is 29.4. The Kier molecular flexibility index (Phi) is 9.21. The van der Waals surface area contributed by atoms with Gasteiger partial charge in [-0.05, 0) is 32.8 Å². The second-order valence-corrected chi connectivity index (χ2v) is 13.8. The maximum atomic E-state index is 16.2. The Bertz CT molecular complexity index is 1870. The van der Waals surface area contributed by atoms with Gasteiger partial charge >= 0.3 is 12.4 Å². The number of carbonyl (C=O) groups is 3. The van der Waals surface area contributed by atoms with Gasteiger partial charge in [0, 0.05) is 29.5 Å². The first-order chi connectivity index (χ1) is 24.0. The molecule has 0 spiro atoms. The number of diazo groups is 1. The van der Waals surface area contributed by atoms with Crippen LogP contribution in [-0.4, -0.2) is 88.9 Å². The molecule has 2 aliphatic carbocycles. The van der Waals surface area contributed by atoms with Crippen LogP contribution in [0.2, 0.25) is 0 Å². The molecule has 0 bridgehead atoms. The summed E-state index contributed by atoms with van der Waals surface area (Å²) in [4.78, 5) is 43.8. The number of aromatic hydroxyl groups is 2. The van der Waals surface area contributed by atoms with Crippen molar-refractivity contribution in [2.75, 3.05) is 13.7 Å². The average Bonchev–Trinajstić information content (AvgIpc) is 3.42. The molecule has 51 heavy (non-hydrogen) atoms. The van der Waals surface area contributed by atoms with Gasteiger partial charge in [0.1, 0.15) is 29.5 Å². The molecule has 0 amide bonds. The van der Waals surface area contributed by atoms with Gasteiger partial charge in [-0.1, -0.05) is 26.0 Å². The monoisotopic (exact) mass is 716 g/mol. The number of rotatable bonds is 7. The molecule has 0 radical (unpaired) electrons. The van der Waals surface area contributed by atoms with E-state index in [2.05, 4.69) is 4.98 Å². The minimum Gasteiger partial charge on any atom is -0.507 e. The van der Waals surface area contributed by atoms with Crippen molar-refractivity contribution in [2.24, 2.45) is 5.92 Å². The molecule has 0 unspecified atom stereocenters. The zero-order valence-electron chi connectivity index (χ0n) is 28.7. The molecule has 2 aliphatic heterocycles. The first kappa shape index (κ1) is 36.0. The molecule has 0 saturated carbocycles. The molecule has 15 nitrogen and oxygen atoms in total. The number of methoxy groups -OCH3 is 1. The maximum absolute atomic E-state index is 16.2. The number of phenols is 2. The van der Waals surface area contributed by atoms with Gasteiger partial charge in [0.05, 0.1) is 42.6 Å². The van der Waals surface area contributed by atoms with Gasteiger partial charge in [0.25, 0.3) is 0 Å². The van der Waals surface area contributed by atoms with E-state index in [1.165, 1.54) is 25.3 Å². The highest BCUT2D eigenvalue weighted by molar-refractivity contribution is 6.31. The number of alkyl halides is 1. The number of carbonyl (C=O) groups excluding carboxylic acids is 3. The van der Waals surface area contributed by atoms with Crippen molar-refractivity contribution < 1.29 is 67.3 Å². The third-order valence-corrected chi connectivity index (χ3v) is 9.37. The van der Waals surface area contributed by atoms with E-state index in [1.54, 1.807) is 34.6 Å². The minimum absolute atomic E-state index is 0.0391. The number of nitrogens with zero attached hydrogens (tertiary/aromatic N) is 2. The van der Waals surface area contributed by atoms with E-state index < -0.39 is 107 Å². The SMILES string of the molecule is COc1cccc2c1C(=O)c1c(O)c3c(c(O)c1C2=O)C[C@@](OC(=O)OCC(C)C)(/[13C](O)=[14CH]/[N+]#N)C[C@@H]3O[C@@H]1O[C@@H](C)[C@H]2OC(C)(C)O[C@H]2[C@H]1F. The third-order valence-electron chi connectivity index (χ3n) is 9.37. The molecule has 2 fully saturated rings. The molecule has 3 N–H and O–H groups in total. The van der Waals surface area contributed by atoms with Crippen LogP contribution in [0.15, 0.2) is 30.2 Å². The quantitative estimate of drug-likeness (QED) is 0.0935. The smallest absolute Gasteiger partial charge is 0.507 e. The Balaban J connectivity index is 1.52. The van der Waals surface area contributed by atoms with Crippen LogP contribution >= 0.6 is 0 Å². The molecule has 0 aromatic heterocycles. The predicted octanol–water partition coefficient (Wildman–Crippen LogP) is 5.29. The largest absolute Gasteiger partial charge is 0.509 e. The summed E-state index contributed by atoms with van der Waals surface area (Å²) in [7, 11) is 1.30. The number of halogens is 1. The van der Waals surface area contributed by atoms with Crippen LogP contribution in [0.5, 0.6) is 17.2 Å². The highest BCUT2D eigenvalue weighted by atomic mass is 19.1. The van der Waals surface area contributed by atoms with Crippen molar-refractivity contribution in [3.8, 4) is 17.2 Å². The fourth-order valence-corrected chi connectivity index (χ4v) is 7.16. The van der Waals surface area contributed by atoms with E-state index in [9.17, 15) is 35.1 Å². The highest BCUT2D eigenvalue weighted by Gasteiger charge is 2.58. The highest BCUT2D eigenvalue weighted by Crippen LogP contribution is 2.54. The molecule has 2 aromatic carbocycles. The number of benzene rings is 2. The van der Waals surface area contributed by atoms with Gasteiger partial charge in [-0.3, -0.25) is 9.59 Å². The molecule has 272 valence electrons. The Labute approximate surface area is 291 Å². The number of hydrogen-bond acceptors (Lipinski definition) is 14. The second-order valence-electron chi connectivity index (χ2n) is 13.8. The van der Waals surface area contributed by atoms with E-state index in [1.807, 2.05) is 0 Å². The van der Waals surface area contributed by atoms with Crippen LogP contribution in [0.1, 0.15) is 90.1 Å². The maximum Gasteiger partial charge on any atom is 0.509 e. The fraction of sp³-hybridized carbons (Fsp3) is 0.514. The summed E-state index contributed by atoms with van der Waals surface area (Å²) >= 11 is 0. The molecule has 6 rings (SSSR count). The van der Waals surface area contributed by atoms with Gasteiger partial charge in [-0.2, -0.15) is 0 Å². The van der Waals surface area contributed by atoms with Crippen molar-refractivity contribution in [1.29, 1.82) is 5.39 Å². The lowest BCUT2D eigenvalue weighted by molar-refractivity contribution is -0.278. The van der Waals surface area contributed by atoms with E-state index in [0.29, 0.717) is 6.20 Å². The zero-order valence-corrected chi connectivity index (χ0v) is 28.7. The number of ether oxygens (including phenoxy) is 7. The third kappa shape index (κ3) is 6.03. The van der Waals surface area contributed by atoms with Gasteiger partial charge in [0.2, 0.25) is 16.9 Å². The van der Waals surface area contributed by atoms with Gasteiger partial charge in [-0.15, -0.1) is 0 Å². The Hall–Kier alpha value is -4.82. The summed E-state index contributed by atoms with van der Waals surface area (Å²) in [6.45, 7) is 8.29. The van der Waals surface area contributed by atoms with E-state index in [4.69, 9.17) is 33.2 Å². The van der Waals surface area contributed by atoms with Crippen LogP contribution in [-0.2, 0) is 34.8 Å². The first-order valence-corrected chi connectivity index (χ1v) is 16.3. The lowest BCUT2D eigenvalue weighted by atomic mass is 9.74. The number of fused-ring (bicyclic) bond motifs is 4. The summed E-state index contributed by atoms with van der Waals surface area (Å²) in [5.41, 5.74) is -4.25. The van der Waals surface area contributed by atoms with Crippen LogP contribution in [0.3, 0.4) is 0 Å². The summed E-state index contributed by atoms with van der Waals surface area (Å²) in [5.74, 6) is -5.38. The number of aliphatic hydroxyl groups is 1. The van der Waals surface area contributed by atoms with Crippen molar-refractivity contribution in [3.63, 3.8) is 0 Å². The lowest BCUT2D eigenvalue weighted by Crippen LogP contribution is -2.55. The van der Waals surface area contributed by atoms with Crippen molar-refractivity contribution >= 4 is 17.7 Å². The summed E-state index contributed by atoms with van der Waals surface area (Å²) in [6, 6.07) is 4.28. The summed E-state index contributed by atoms with van der Waals surface area (Å²) in [6.07, 6.45) is -10.1. The van der Waals surface area contributed by atoms with E-state index >= 15 is 4.39 Å². The van der Waals surface area contributed by atoms with Gasteiger partial charge in [-0.25, -0.2) is 9.18 Å². The molecule has 7 atom stereocenters. The van der Waals surface area contributed by atoms with Crippen molar-refractivity contribution in [1.82, 2.24) is 0 Å². The lowest BCUT2D eigenvalue weighted by Gasteiger charge is -2.43. The number of phenolic OH excluding ortho intramolecular Hbond substituents is 2. The molecule has 2 saturated heterocycles. The topological polar surface area (TPSA) is 205 Å². The standard InChI is InChI=1S/C35H37FN2O13/c1-14(2)13-46-33(44)51-35(20(39)12-38-37)10-17-22(19(11-35)48-32-25(36)31-30(15(3)47-32)49-34(4,5)50-31)29(43)24-23(27(17)41)26(40)16-8-7-9-18(45-6)21(16)28(24)42/h7-9,12,14-15,19,25,30-32,37,39H,10-11,13H2,1-6H3/p+1/b20-12-/t15-,19-,25+,30+,31-,32-,35-/m0/s1/i12+2,20+1. The number of hydrogen-bond donors (Lipinski definition) is 3. The summed E-state index contributed by atoms with van der Waals surface area (Å²) in [5, 5.41) is 44.4. The van der Waals surface area contributed by atoms with Gasteiger partial charge in [0.15, 0.2) is 34.6 Å². The Morgan fingerprint density at radius 1 is 1.12 bits per heavy atom. The van der Waals surface area contributed by atoms with Gasteiger partial charge < -0.3 is 48.5 Å².